The van der Waals surface area contributed by atoms with Crippen LogP contribution in [0.1, 0.15) is 25.3 Å². The summed E-state index contributed by atoms with van der Waals surface area (Å²) in [6, 6.07) is 7.58. The third-order valence-electron chi connectivity index (χ3n) is 4.23. The van der Waals surface area contributed by atoms with Gasteiger partial charge in [0, 0.05) is 24.7 Å². The predicted molar refractivity (Wildman–Crippen MR) is 90.8 cm³/mol. The summed E-state index contributed by atoms with van der Waals surface area (Å²) in [5.41, 5.74) is 7.31. The van der Waals surface area contributed by atoms with E-state index in [9.17, 15) is 9.59 Å². The topological polar surface area (TPSA) is 87.5 Å². The van der Waals surface area contributed by atoms with E-state index in [1.807, 2.05) is 38.2 Å². The molecule has 23 heavy (non-hydrogen) atoms. The summed E-state index contributed by atoms with van der Waals surface area (Å²) in [6.45, 7) is 4.07. The maximum absolute atomic E-state index is 12.1. The Morgan fingerprint density at radius 2 is 2.22 bits per heavy atom. The minimum absolute atomic E-state index is 0.00677. The predicted octanol–water partition coefficient (Wildman–Crippen LogP) is 0.930. The fraction of sp³-hybridized carbons (Fsp3) is 0.529. The first-order chi connectivity index (χ1) is 11.0. The Hall–Kier alpha value is -1.92. The number of rotatable bonds is 7. The van der Waals surface area contributed by atoms with Gasteiger partial charge in [-0.25, -0.2) is 0 Å². The Balaban J connectivity index is 1.99. The smallest absolute Gasteiger partial charge is 0.234 e. The Bertz CT molecular complexity index is 561. The summed E-state index contributed by atoms with van der Waals surface area (Å²) in [5, 5.41) is 5.93. The van der Waals surface area contributed by atoms with Crippen molar-refractivity contribution < 1.29 is 9.59 Å². The van der Waals surface area contributed by atoms with E-state index in [1.54, 1.807) is 0 Å². The van der Waals surface area contributed by atoms with E-state index in [4.69, 9.17) is 5.73 Å². The second kappa shape index (κ2) is 8.08. The molecule has 0 saturated carbocycles. The number of nitrogens with two attached hydrogens (primary N) is 1. The first kappa shape index (κ1) is 17.4. The fourth-order valence-electron chi connectivity index (χ4n) is 2.98. The molecule has 1 aliphatic rings. The number of benzene rings is 1. The zero-order valence-corrected chi connectivity index (χ0v) is 13.8. The maximum Gasteiger partial charge on any atom is 0.234 e. The fourth-order valence-corrected chi connectivity index (χ4v) is 2.98. The summed E-state index contributed by atoms with van der Waals surface area (Å²) < 4.78 is 0. The lowest BCUT2D eigenvalue weighted by Crippen LogP contribution is -2.39. The van der Waals surface area contributed by atoms with Gasteiger partial charge in [0.15, 0.2) is 0 Å². The van der Waals surface area contributed by atoms with Crippen molar-refractivity contribution in [1.29, 1.82) is 0 Å². The molecule has 6 heteroatoms. The van der Waals surface area contributed by atoms with Crippen LogP contribution in [0.15, 0.2) is 24.3 Å². The van der Waals surface area contributed by atoms with Crippen molar-refractivity contribution in [3.8, 4) is 0 Å². The number of likely N-dealkylation sites (tertiary alicyclic amines) is 1. The van der Waals surface area contributed by atoms with E-state index >= 15 is 0 Å². The van der Waals surface area contributed by atoms with Crippen LogP contribution in [0.5, 0.6) is 0 Å². The Morgan fingerprint density at radius 1 is 1.43 bits per heavy atom. The third kappa shape index (κ3) is 4.77. The number of hydrogen-bond donors (Lipinski definition) is 3. The molecule has 0 bridgehead atoms. The van der Waals surface area contributed by atoms with Crippen molar-refractivity contribution in [3.63, 3.8) is 0 Å². The van der Waals surface area contributed by atoms with Gasteiger partial charge in [0.25, 0.3) is 0 Å². The van der Waals surface area contributed by atoms with Gasteiger partial charge >= 0.3 is 0 Å². The number of anilines is 1. The Labute approximate surface area is 137 Å². The first-order valence-corrected chi connectivity index (χ1v) is 8.09. The van der Waals surface area contributed by atoms with Crippen LogP contribution in [0, 0.1) is 5.92 Å². The van der Waals surface area contributed by atoms with E-state index < -0.39 is 0 Å². The minimum Gasteiger partial charge on any atom is -0.368 e. The summed E-state index contributed by atoms with van der Waals surface area (Å²) in [7, 11) is 1.83. The normalized spacial score (nSPS) is 19.5. The van der Waals surface area contributed by atoms with E-state index in [-0.39, 0.29) is 23.8 Å². The standard InChI is InChI=1S/C17H26N4O2/c1-12(10-19-2)17(23)20-14-6-3-5-13(9-14)11-21-8-4-7-15(21)16(18)22/h3,5-6,9,12,15,19H,4,7-8,10-11H2,1-2H3,(H2,18,22)(H,20,23). The number of carbonyl (C=O) groups is 2. The number of hydrogen-bond acceptors (Lipinski definition) is 4. The van der Waals surface area contributed by atoms with Gasteiger partial charge in [0.05, 0.1) is 6.04 Å². The highest BCUT2D eigenvalue weighted by atomic mass is 16.2. The Kier molecular flexibility index (Phi) is 6.12. The second-order valence-corrected chi connectivity index (χ2v) is 6.18. The molecular formula is C17H26N4O2. The molecule has 4 N–H and O–H groups in total. The van der Waals surface area contributed by atoms with Gasteiger partial charge < -0.3 is 16.4 Å². The van der Waals surface area contributed by atoms with E-state index in [0.717, 1.165) is 30.6 Å². The van der Waals surface area contributed by atoms with Crippen LogP contribution in [-0.4, -0.2) is 42.9 Å². The molecule has 0 aliphatic carbocycles. The quantitative estimate of drug-likeness (QED) is 0.698. The molecule has 1 aliphatic heterocycles. The molecule has 2 amide bonds. The zero-order valence-electron chi connectivity index (χ0n) is 13.8. The molecule has 1 aromatic carbocycles. The van der Waals surface area contributed by atoms with Crippen LogP contribution >= 0.6 is 0 Å². The molecule has 1 aromatic rings. The summed E-state index contributed by atoms with van der Waals surface area (Å²) >= 11 is 0. The number of carbonyl (C=O) groups excluding carboxylic acids is 2. The highest BCUT2D eigenvalue weighted by Crippen LogP contribution is 2.21. The minimum atomic E-state index is -0.257. The molecule has 1 saturated heterocycles. The average molecular weight is 318 g/mol. The molecule has 1 fully saturated rings. The van der Waals surface area contributed by atoms with Crippen molar-refractivity contribution in [1.82, 2.24) is 10.2 Å². The molecule has 2 rings (SSSR count). The lowest BCUT2D eigenvalue weighted by atomic mass is 10.1. The summed E-state index contributed by atoms with van der Waals surface area (Å²) in [5.74, 6) is -0.359. The van der Waals surface area contributed by atoms with Crippen LogP contribution < -0.4 is 16.4 Å². The van der Waals surface area contributed by atoms with Crippen molar-refractivity contribution in [2.24, 2.45) is 11.7 Å². The van der Waals surface area contributed by atoms with Crippen molar-refractivity contribution in [2.75, 3.05) is 25.5 Å². The van der Waals surface area contributed by atoms with Gasteiger partial charge in [-0.1, -0.05) is 19.1 Å². The van der Waals surface area contributed by atoms with Crippen LogP contribution in [0.2, 0.25) is 0 Å². The number of primary amides is 1. The highest BCUT2D eigenvalue weighted by Gasteiger charge is 2.28. The Morgan fingerprint density at radius 3 is 2.91 bits per heavy atom. The molecule has 6 nitrogen and oxygen atoms in total. The van der Waals surface area contributed by atoms with Gasteiger partial charge in [-0.3, -0.25) is 14.5 Å². The van der Waals surface area contributed by atoms with Crippen LogP contribution in [0.4, 0.5) is 5.69 Å². The first-order valence-electron chi connectivity index (χ1n) is 8.09. The van der Waals surface area contributed by atoms with E-state index in [0.29, 0.717) is 13.1 Å². The molecule has 0 radical (unpaired) electrons. The molecule has 126 valence electrons. The second-order valence-electron chi connectivity index (χ2n) is 6.18. The zero-order chi connectivity index (χ0) is 16.8. The monoisotopic (exact) mass is 318 g/mol. The van der Waals surface area contributed by atoms with Crippen molar-refractivity contribution >= 4 is 17.5 Å². The average Bonchev–Trinajstić information content (AvgIpc) is 2.96. The van der Waals surface area contributed by atoms with Crippen LogP contribution in [-0.2, 0) is 16.1 Å². The largest absolute Gasteiger partial charge is 0.368 e. The van der Waals surface area contributed by atoms with Gasteiger partial charge in [-0.2, -0.15) is 0 Å². The number of nitrogens with one attached hydrogen (secondary N) is 2. The molecular weight excluding hydrogens is 292 g/mol. The molecule has 0 aromatic heterocycles. The van der Waals surface area contributed by atoms with Gasteiger partial charge in [-0.15, -0.1) is 0 Å². The number of nitrogens with zero attached hydrogens (tertiary/aromatic N) is 1. The lowest BCUT2D eigenvalue weighted by molar-refractivity contribution is -0.122. The summed E-state index contributed by atoms with van der Waals surface area (Å²) in [4.78, 5) is 25.6. The van der Waals surface area contributed by atoms with E-state index in [1.165, 1.54) is 0 Å². The third-order valence-corrected chi connectivity index (χ3v) is 4.23. The SMILES string of the molecule is CNCC(C)C(=O)Nc1cccc(CN2CCCC2C(N)=O)c1. The molecule has 0 spiro atoms. The summed E-state index contributed by atoms with van der Waals surface area (Å²) in [6.07, 6.45) is 1.82. The van der Waals surface area contributed by atoms with E-state index in [2.05, 4.69) is 15.5 Å². The molecule has 2 atom stereocenters. The number of amides is 2. The van der Waals surface area contributed by atoms with Gasteiger partial charge in [0.2, 0.25) is 11.8 Å². The maximum atomic E-state index is 12.1. The van der Waals surface area contributed by atoms with Crippen LogP contribution in [0.3, 0.4) is 0 Å². The highest BCUT2D eigenvalue weighted by molar-refractivity contribution is 5.92. The van der Waals surface area contributed by atoms with Crippen molar-refractivity contribution in [3.05, 3.63) is 29.8 Å². The van der Waals surface area contributed by atoms with Crippen molar-refractivity contribution in [2.45, 2.75) is 32.4 Å². The van der Waals surface area contributed by atoms with Gasteiger partial charge in [-0.05, 0) is 44.1 Å². The van der Waals surface area contributed by atoms with Crippen LogP contribution in [0.25, 0.3) is 0 Å². The molecule has 1 heterocycles. The molecule has 2 unspecified atom stereocenters. The van der Waals surface area contributed by atoms with Gasteiger partial charge in [0.1, 0.15) is 0 Å². The lowest BCUT2D eigenvalue weighted by Gasteiger charge is -2.22.